The fourth-order valence-electron chi connectivity index (χ4n) is 1.19. The number of rotatable bonds is 6. The first kappa shape index (κ1) is 13.6. The molecule has 1 unspecified atom stereocenters. The maximum Gasteiger partial charge on any atom is 0.267 e. The summed E-state index contributed by atoms with van der Waals surface area (Å²) in [6.07, 6.45) is 2.46. The van der Waals surface area contributed by atoms with Gasteiger partial charge in [-0.05, 0) is 40.8 Å². The summed E-state index contributed by atoms with van der Waals surface area (Å²) in [5.41, 5.74) is -0.160. The van der Waals surface area contributed by atoms with Crippen LogP contribution in [-0.4, -0.2) is 27.5 Å². The van der Waals surface area contributed by atoms with Crippen molar-refractivity contribution in [2.75, 3.05) is 16.8 Å². The van der Waals surface area contributed by atoms with Gasteiger partial charge in [0.2, 0.25) is 0 Å². The van der Waals surface area contributed by atoms with Crippen LogP contribution in [0.25, 0.3) is 0 Å². The molecule has 1 heterocycles. The van der Waals surface area contributed by atoms with E-state index >= 15 is 0 Å². The van der Waals surface area contributed by atoms with Crippen molar-refractivity contribution in [1.82, 2.24) is 9.97 Å². The van der Waals surface area contributed by atoms with Crippen LogP contribution in [-0.2, 0) is 0 Å². The van der Waals surface area contributed by atoms with Gasteiger partial charge in [0.15, 0.2) is 0 Å². The number of hydrogen-bond acceptors (Lipinski definition) is 4. The van der Waals surface area contributed by atoms with Crippen LogP contribution in [0.15, 0.2) is 15.6 Å². The van der Waals surface area contributed by atoms with Gasteiger partial charge in [-0.1, -0.05) is 6.92 Å². The van der Waals surface area contributed by atoms with Crippen LogP contribution < -0.4 is 10.9 Å². The largest absolute Gasteiger partial charge is 0.366 e. The third-order valence-electron chi connectivity index (χ3n) is 2.08. The van der Waals surface area contributed by atoms with E-state index in [-0.39, 0.29) is 5.56 Å². The molecule has 1 atom stereocenters. The van der Waals surface area contributed by atoms with Gasteiger partial charge >= 0.3 is 0 Å². The van der Waals surface area contributed by atoms with Crippen LogP contribution in [0.2, 0.25) is 0 Å². The lowest BCUT2D eigenvalue weighted by Gasteiger charge is -2.14. The number of thioether (sulfide) groups is 1. The summed E-state index contributed by atoms with van der Waals surface area (Å²) in [6.45, 7) is 4.24. The molecular formula is C10H16BrN3OS. The highest BCUT2D eigenvalue weighted by Gasteiger charge is 2.08. The highest BCUT2D eigenvalue weighted by Crippen LogP contribution is 2.15. The van der Waals surface area contributed by atoms with Crippen LogP contribution >= 0.6 is 27.7 Å². The molecule has 1 aromatic heterocycles. The fourth-order valence-corrected chi connectivity index (χ4v) is 2.33. The normalized spacial score (nSPS) is 12.4. The number of nitrogens with zero attached hydrogens (tertiary/aromatic N) is 1. The van der Waals surface area contributed by atoms with Crippen molar-refractivity contribution in [1.29, 1.82) is 0 Å². The Bertz CT molecular complexity index is 383. The molecule has 2 N–H and O–H groups in total. The zero-order chi connectivity index (χ0) is 12.0. The van der Waals surface area contributed by atoms with E-state index in [4.69, 9.17) is 0 Å². The Hall–Kier alpha value is -0.490. The second kappa shape index (κ2) is 6.96. The van der Waals surface area contributed by atoms with Gasteiger partial charge in [0.25, 0.3) is 5.56 Å². The van der Waals surface area contributed by atoms with Crippen LogP contribution in [0.4, 0.5) is 5.82 Å². The molecule has 1 aromatic rings. The van der Waals surface area contributed by atoms with Crippen molar-refractivity contribution in [2.24, 2.45) is 0 Å². The summed E-state index contributed by atoms with van der Waals surface area (Å²) in [4.78, 5) is 17.9. The molecule has 0 saturated heterocycles. The maximum absolute atomic E-state index is 11.3. The molecule has 0 radical (unpaired) electrons. The minimum absolute atomic E-state index is 0.160. The van der Waals surface area contributed by atoms with Gasteiger partial charge in [0.1, 0.15) is 10.3 Å². The van der Waals surface area contributed by atoms with E-state index in [1.54, 1.807) is 0 Å². The van der Waals surface area contributed by atoms with Crippen LogP contribution in [0, 0.1) is 0 Å². The molecule has 6 heteroatoms. The Labute approximate surface area is 108 Å². The molecule has 0 saturated carbocycles. The summed E-state index contributed by atoms with van der Waals surface area (Å²) in [5.74, 6) is 2.86. The van der Waals surface area contributed by atoms with Crippen LogP contribution in [0.1, 0.15) is 20.3 Å². The number of halogens is 1. The highest BCUT2D eigenvalue weighted by molar-refractivity contribution is 9.10. The number of hydrogen-bond donors (Lipinski definition) is 2. The number of anilines is 1. The molecule has 0 amide bonds. The zero-order valence-corrected chi connectivity index (χ0v) is 11.8. The van der Waals surface area contributed by atoms with E-state index in [0.29, 0.717) is 16.3 Å². The summed E-state index contributed by atoms with van der Waals surface area (Å²) >= 11 is 5.13. The van der Waals surface area contributed by atoms with Gasteiger partial charge < -0.3 is 10.3 Å². The molecule has 1 rings (SSSR count). The lowest BCUT2D eigenvalue weighted by molar-refractivity contribution is 0.764. The number of nitrogens with one attached hydrogen (secondary N) is 2. The topological polar surface area (TPSA) is 57.8 Å². The third kappa shape index (κ3) is 4.17. The van der Waals surface area contributed by atoms with E-state index < -0.39 is 0 Å². The molecule has 0 fully saturated rings. The van der Waals surface area contributed by atoms with E-state index in [9.17, 15) is 4.79 Å². The van der Waals surface area contributed by atoms with Gasteiger partial charge in [0, 0.05) is 6.04 Å². The number of H-pyrrole nitrogens is 1. The number of aromatic nitrogens is 2. The second-order valence-corrected chi connectivity index (χ2v) is 5.61. The van der Waals surface area contributed by atoms with Gasteiger partial charge in [-0.15, -0.1) is 0 Å². The minimum atomic E-state index is -0.160. The van der Waals surface area contributed by atoms with E-state index in [1.165, 1.54) is 6.33 Å². The van der Waals surface area contributed by atoms with Gasteiger partial charge in [-0.25, -0.2) is 4.98 Å². The molecule has 90 valence electrons. The SMILES string of the molecule is CCSCCC(C)Nc1nc[nH]c(=O)c1Br. The van der Waals surface area contributed by atoms with E-state index in [0.717, 1.165) is 17.9 Å². The first-order valence-electron chi connectivity index (χ1n) is 5.22. The average molecular weight is 306 g/mol. The summed E-state index contributed by atoms with van der Waals surface area (Å²) < 4.78 is 0.463. The Balaban J connectivity index is 2.52. The smallest absolute Gasteiger partial charge is 0.267 e. The van der Waals surface area contributed by atoms with Gasteiger partial charge in [-0.3, -0.25) is 4.79 Å². The molecule has 4 nitrogen and oxygen atoms in total. The molecular weight excluding hydrogens is 290 g/mol. The quantitative estimate of drug-likeness (QED) is 0.793. The van der Waals surface area contributed by atoms with Crippen molar-refractivity contribution >= 4 is 33.5 Å². The van der Waals surface area contributed by atoms with Crippen molar-refractivity contribution in [3.05, 3.63) is 21.2 Å². The standard InChI is InChI=1S/C10H16BrN3OS/c1-3-16-5-4-7(2)14-9-8(11)10(15)13-6-12-9/h6-7H,3-5H2,1-2H3,(H2,12,13,14,15). The Morgan fingerprint density at radius 2 is 2.44 bits per heavy atom. The van der Waals surface area contributed by atoms with Crippen molar-refractivity contribution < 1.29 is 0 Å². The predicted octanol–water partition coefficient (Wildman–Crippen LogP) is 2.48. The lowest BCUT2D eigenvalue weighted by Crippen LogP contribution is -2.20. The van der Waals surface area contributed by atoms with Crippen molar-refractivity contribution in [3.8, 4) is 0 Å². The van der Waals surface area contributed by atoms with Gasteiger partial charge in [-0.2, -0.15) is 11.8 Å². The van der Waals surface area contributed by atoms with E-state index in [1.807, 2.05) is 11.8 Å². The van der Waals surface area contributed by atoms with Crippen molar-refractivity contribution in [2.45, 2.75) is 26.3 Å². The summed E-state index contributed by atoms with van der Waals surface area (Å²) in [6, 6.07) is 0.310. The zero-order valence-electron chi connectivity index (χ0n) is 9.42. The molecule has 0 aromatic carbocycles. The minimum Gasteiger partial charge on any atom is -0.366 e. The number of aromatic amines is 1. The molecule has 0 bridgehead atoms. The fraction of sp³-hybridized carbons (Fsp3) is 0.600. The third-order valence-corrected chi connectivity index (χ3v) is 3.75. The van der Waals surface area contributed by atoms with Crippen LogP contribution in [0.5, 0.6) is 0 Å². The lowest BCUT2D eigenvalue weighted by atomic mass is 10.2. The van der Waals surface area contributed by atoms with E-state index in [2.05, 4.69) is 45.1 Å². The summed E-state index contributed by atoms with van der Waals surface area (Å²) in [7, 11) is 0. The molecule has 0 aliphatic heterocycles. The van der Waals surface area contributed by atoms with Crippen LogP contribution in [0.3, 0.4) is 0 Å². The Morgan fingerprint density at radius 3 is 3.12 bits per heavy atom. The molecule has 0 aliphatic carbocycles. The molecule has 0 spiro atoms. The second-order valence-electron chi connectivity index (χ2n) is 3.43. The Kier molecular flexibility index (Phi) is 5.90. The first-order valence-corrected chi connectivity index (χ1v) is 7.17. The molecule has 0 aliphatic rings. The monoisotopic (exact) mass is 305 g/mol. The maximum atomic E-state index is 11.3. The summed E-state index contributed by atoms with van der Waals surface area (Å²) in [5, 5.41) is 3.22. The first-order chi connectivity index (χ1) is 7.65. The Morgan fingerprint density at radius 1 is 1.69 bits per heavy atom. The highest BCUT2D eigenvalue weighted by atomic mass is 79.9. The average Bonchev–Trinajstić information content (AvgIpc) is 2.25. The van der Waals surface area contributed by atoms with Crippen molar-refractivity contribution in [3.63, 3.8) is 0 Å². The van der Waals surface area contributed by atoms with Gasteiger partial charge in [0.05, 0.1) is 6.33 Å². The predicted molar refractivity (Wildman–Crippen MR) is 73.3 cm³/mol. The molecule has 16 heavy (non-hydrogen) atoms.